The van der Waals surface area contributed by atoms with Crippen molar-refractivity contribution in [1.82, 2.24) is 0 Å². The highest BCUT2D eigenvalue weighted by molar-refractivity contribution is 5.87. The number of rotatable bonds is 4. The van der Waals surface area contributed by atoms with E-state index in [9.17, 15) is 49.7 Å². The summed E-state index contributed by atoms with van der Waals surface area (Å²) in [7, 11) is 0. The van der Waals surface area contributed by atoms with Gasteiger partial charge in [0.15, 0.2) is 5.60 Å². The maximum Gasteiger partial charge on any atom is 0.430 e. The molecule has 1 aliphatic rings. The van der Waals surface area contributed by atoms with Gasteiger partial charge in [0.2, 0.25) is 0 Å². The number of alkyl halides is 9. The second kappa shape index (κ2) is 10.1. The van der Waals surface area contributed by atoms with Crippen molar-refractivity contribution < 1.29 is 49.7 Å². The predicted molar refractivity (Wildman–Crippen MR) is 154 cm³/mol. The standard InChI is InChI=1S/C33H27F9N2O2/c1-16-12-18(14-24(26(16)43)28(3,45)31(34,35)36)29(22-10-6-4-8-20(22)21-9-5-7-11-23(21)29)19-13-17(2)27(44)25(15-19)30(46,32(37,38)39)33(40,41)42/h4-15,45-46H,43-44H2,1-3H3. The average molecular weight is 655 g/mol. The summed E-state index contributed by atoms with van der Waals surface area (Å²) in [5.74, 6) is 0. The molecular formula is C33H27F9N2O2. The van der Waals surface area contributed by atoms with Crippen LogP contribution < -0.4 is 11.5 Å². The van der Waals surface area contributed by atoms with Gasteiger partial charge in [0, 0.05) is 22.5 Å². The number of halogens is 9. The number of hydrogen-bond acceptors (Lipinski definition) is 4. The van der Waals surface area contributed by atoms with Gasteiger partial charge in [0.25, 0.3) is 5.60 Å². The summed E-state index contributed by atoms with van der Waals surface area (Å²) in [6.07, 6.45) is -17.8. The van der Waals surface area contributed by atoms with Crippen molar-refractivity contribution in [1.29, 1.82) is 0 Å². The van der Waals surface area contributed by atoms with E-state index in [1.54, 1.807) is 48.5 Å². The van der Waals surface area contributed by atoms with Gasteiger partial charge in [-0.2, -0.15) is 39.5 Å². The number of anilines is 2. The Hall–Kier alpha value is -4.23. The third-order valence-electron chi connectivity index (χ3n) is 8.88. The molecule has 0 spiro atoms. The molecule has 0 bridgehead atoms. The van der Waals surface area contributed by atoms with Gasteiger partial charge < -0.3 is 21.7 Å². The molecular weight excluding hydrogens is 627 g/mol. The van der Waals surface area contributed by atoms with E-state index in [2.05, 4.69) is 0 Å². The van der Waals surface area contributed by atoms with Gasteiger partial charge in [-0.3, -0.25) is 0 Å². The predicted octanol–water partition coefficient (Wildman–Crippen LogP) is 7.91. The summed E-state index contributed by atoms with van der Waals surface area (Å²) in [6, 6.07) is 16.9. The highest BCUT2D eigenvalue weighted by atomic mass is 19.4. The fraction of sp³-hybridized carbons (Fsp3) is 0.273. The third kappa shape index (κ3) is 4.38. The molecule has 6 N–H and O–H groups in total. The van der Waals surface area contributed by atoms with E-state index in [0.717, 1.165) is 13.0 Å². The number of aryl methyl sites for hydroxylation is 2. The minimum atomic E-state index is -6.28. The van der Waals surface area contributed by atoms with Crippen LogP contribution >= 0.6 is 0 Å². The average Bonchev–Trinajstić information content (AvgIpc) is 3.25. The van der Waals surface area contributed by atoms with Crippen LogP contribution in [0.2, 0.25) is 0 Å². The second-order valence-electron chi connectivity index (χ2n) is 11.6. The van der Waals surface area contributed by atoms with Gasteiger partial charge in [-0.05, 0) is 77.4 Å². The lowest BCUT2D eigenvalue weighted by Gasteiger charge is -2.39. The summed E-state index contributed by atoms with van der Waals surface area (Å²) >= 11 is 0. The molecule has 46 heavy (non-hydrogen) atoms. The molecule has 4 aromatic rings. The molecule has 1 unspecified atom stereocenters. The van der Waals surface area contributed by atoms with Crippen LogP contribution in [-0.4, -0.2) is 28.7 Å². The molecule has 4 nitrogen and oxygen atoms in total. The van der Waals surface area contributed by atoms with E-state index >= 15 is 0 Å². The Morgan fingerprint density at radius 3 is 1.33 bits per heavy atom. The van der Waals surface area contributed by atoms with Crippen molar-refractivity contribution in [2.24, 2.45) is 0 Å². The lowest BCUT2D eigenvalue weighted by atomic mass is 9.65. The normalized spacial score (nSPS) is 16.1. The van der Waals surface area contributed by atoms with Crippen molar-refractivity contribution in [3.8, 4) is 11.1 Å². The topological polar surface area (TPSA) is 92.5 Å². The highest BCUT2D eigenvalue weighted by Gasteiger charge is 2.72. The smallest absolute Gasteiger partial charge is 0.398 e. The van der Waals surface area contributed by atoms with Gasteiger partial charge in [-0.15, -0.1) is 0 Å². The molecule has 0 aromatic heterocycles. The monoisotopic (exact) mass is 654 g/mol. The minimum Gasteiger partial charge on any atom is -0.398 e. The molecule has 1 aliphatic carbocycles. The first-order chi connectivity index (χ1) is 21.0. The van der Waals surface area contributed by atoms with Crippen molar-refractivity contribution in [3.63, 3.8) is 0 Å². The maximum atomic E-state index is 14.2. The Labute approximate surface area is 257 Å². The molecule has 0 radical (unpaired) electrons. The lowest BCUT2D eigenvalue weighted by molar-refractivity contribution is -0.376. The van der Waals surface area contributed by atoms with Crippen LogP contribution in [0.3, 0.4) is 0 Å². The van der Waals surface area contributed by atoms with E-state index in [1.807, 2.05) is 0 Å². The van der Waals surface area contributed by atoms with E-state index in [1.165, 1.54) is 19.1 Å². The van der Waals surface area contributed by atoms with Crippen LogP contribution in [0.1, 0.15) is 51.4 Å². The quantitative estimate of drug-likeness (QED) is 0.117. The first-order valence-electron chi connectivity index (χ1n) is 13.7. The Morgan fingerprint density at radius 1 is 0.565 bits per heavy atom. The van der Waals surface area contributed by atoms with Crippen LogP contribution in [0.4, 0.5) is 50.9 Å². The van der Waals surface area contributed by atoms with Crippen LogP contribution in [0.25, 0.3) is 11.1 Å². The number of fused-ring (bicyclic) bond motifs is 3. The molecule has 1 atom stereocenters. The molecule has 0 amide bonds. The van der Waals surface area contributed by atoms with Gasteiger partial charge in [0.05, 0.1) is 5.41 Å². The zero-order chi connectivity index (χ0) is 34.4. The number of benzene rings is 4. The van der Waals surface area contributed by atoms with Gasteiger partial charge in [-0.25, -0.2) is 0 Å². The van der Waals surface area contributed by atoms with E-state index < -0.39 is 57.6 Å². The Morgan fingerprint density at radius 2 is 0.935 bits per heavy atom. The van der Waals surface area contributed by atoms with E-state index in [4.69, 9.17) is 11.5 Å². The summed E-state index contributed by atoms with van der Waals surface area (Å²) in [5, 5.41) is 21.2. The molecule has 0 aliphatic heterocycles. The molecule has 4 aromatic carbocycles. The highest BCUT2D eigenvalue weighted by Crippen LogP contribution is 2.59. The molecule has 0 heterocycles. The molecule has 244 valence electrons. The second-order valence-corrected chi connectivity index (χ2v) is 11.6. The van der Waals surface area contributed by atoms with Gasteiger partial charge in [0.1, 0.15) is 0 Å². The van der Waals surface area contributed by atoms with Gasteiger partial charge in [-0.1, -0.05) is 60.7 Å². The Kier molecular flexibility index (Phi) is 7.30. The van der Waals surface area contributed by atoms with E-state index in [0.29, 0.717) is 35.2 Å². The summed E-state index contributed by atoms with van der Waals surface area (Å²) in [6.45, 7) is 3.01. The van der Waals surface area contributed by atoms with Crippen LogP contribution in [-0.2, 0) is 16.6 Å². The Bertz CT molecular complexity index is 1800. The van der Waals surface area contributed by atoms with Crippen molar-refractivity contribution in [2.75, 3.05) is 11.5 Å². The van der Waals surface area contributed by atoms with E-state index in [-0.39, 0.29) is 22.3 Å². The number of nitrogen functional groups attached to an aromatic ring is 2. The Balaban J connectivity index is 2.03. The fourth-order valence-corrected chi connectivity index (χ4v) is 6.37. The SMILES string of the molecule is Cc1cc(C2(c3cc(C)c(N)c(C(O)(C(F)(F)F)C(F)(F)F)c3)c3ccccc3-c3ccccc32)cc(C(C)(O)C(F)(F)F)c1N. The summed E-state index contributed by atoms with van der Waals surface area (Å²) < 4.78 is 128. The number of aliphatic hydroxyl groups is 2. The molecule has 5 rings (SSSR count). The van der Waals surface area contributed by atoms with Gasteiger partial charge >= 0.3 is 18.5 Å². The minimum absolute atomic E-state index is 0.0474. The summed E-state index contributed by atoms with van der Waals surface area (Å²) in [5.41, 5.74) is -1.70. The molecule has 0 saturated carbocycles. The first-order valence-corrected chi connectivity index (χ1v) is 13.7. The number of nitrogens with two attached hydrogens (primary N) is 2. The van der Waals surface area contributed by atoms with Crippen molar-refractivity contribution in [3.05, 3.63) is 117 Å². The largest absolute Gasteiger partial charge is 0.430 e. The van der Waals surface area contributed by atoms with Crippen LogP contribution in [0.5, 0.6) is 0 Å². The zero-order valence-corrected chi connectivity index (χ0v) is 24.4. The molecule has 13 heteroatoms. The van der Waals surface area contributed by atoms with Crippen molar-refractivity contribution in [2.45, 2.75) is 55.9 Å². The fourth-order valence-electron chi connectivity index (χ4n) is 6.37. The summed E-state index contributed by atoms with van der Waals surface area (Å²) in [4.78, 5) is 0. The van der Waals surface area contributed by atoms with Crippen LogP contribution in [0, 0.1) is 13.8 Å². The van der Waals surface area contributed by atoms with Crippen LogP contribution in [0.15, 0.2) is 72.8 Å². The number of hydrogen-bond donors (Lipinski definition) is 4. The third-order valence-corrected chi connectivity index (χ3v) is 8.88. The van der Waals surface area contributed by atoms with Crippen molar-refractivity contribution >= 4 is 11.4 Å². The first kappa shape index (κ1) is 33.1. The molecule has 0 saturated heterocycles. The molecule has 0 fully saturated rings. The zero-order valence-electron chi connectivity index (χ0n) is 24.4. The maximum absolute atomic E-state index is 14.2. The lowest BCUT2D eigenvalue weighted by Crippen LogP contribution is -2.54.